The number of hydrogen-bond donors (Lipinski definition) is 1. The summed E-state index contributed by atoms with van der Waals surface area (Å²) in [5.74, 6) is 2.98. The summed E-state index contributed by atoms with van der Waals surface area (Å²) in [6.45, 7) is 5.07. The zero-order valence-corrected chi connectivity index (χ0v) is 12.6. The van der Waals surface area contributed by atoms with Crippen LogP contribution in [-0.4, -0.2) is 6.26 Å². The van der Waals surface area contributed by atoms with E-state index in [1.165, 1.54) is 16.8 Å². The summed E-state index contributed by atoms with van der Waals surface area (Å²) in [7, 11) is 0. The monoisotopic (exact) mass is 275 g/mol. The summed E-state index contributed by atoms with van der Waals surface area (Å²) in [4.78, 5) is 0. The Kier molecular flexibility index (Phi) is 4.97. The number of nitrogens with one attached hydrogen (secondary N) is 1. The second-order valence-electron chi connectivity index (χ2n) is 4.62. The predicted octanol–water partition coefficient (Wildman–Crippen LogP) is 4.63. The third kappa shape index (κ3) is 3.57. The molecule has 19 heavy (non-hydrogen) atoms. The van der Waals surface area contributed by atoms with Crippen molar-refractivity contribution < 1.29 is 4.42 Å². The van der Waals surface area contributed by atoms with Crippen LogP contribution in [0.1, 0.15) is 29.6 Å². The first-order chi connectivity index (χ1) is 9.24. The van der Waals surface area contributed by atoms with Crippen molar-refractivity contribution in [1.29, 1.82) is 0 Å². The van der Waals surface area contributed by atoms with Gasteiger partial charge in [-0.25, -0.2) is 0 Å². The maximum atomic E-state index is 5.78. The number of thioether (sulfide) groups is 1. The Labute approximate surface area is 119 Å². The molecule has 2 rings (SSSR count). The van der Waals surface area contributed by atoms with E-state index in [9.17, 15) is 0 Å². The van der Waals surface area contributed by atoms with Gasteiger partial charge in [-0.2, -0.15) is 11.8 Å². The van der Waals surface area contributed by atoms with Gasteiger partial charge in [-0.3, -0.25) is 0 Å². The van der Waals surface area contributed by atoms with Gasteiger partial charge in [0, 0.05) is 5.69 Å². The fourth-order valence-corrected chi connectivity index (χ4v) is 2.63. The Morgan fingerprint density at radius 2 is 1.95 bits per heavy atom. The van der Waals surface area contributed by atoms with Gasteiger partial charge in [0.15, 0.2) is 0 Å². The molecule has 2 nitrogen and oxygen atoms in total. The van der Waals surface area contributed by atoms with Gasteiger partial charge in [-0.15, -0.1) is 0 Å². The van der Waals surface area contributed by atoms with E-state index in [0.717, 1.165) is 30.2 Å². The van der Waals surface area contributed by atoms with Gasteiger partial charge in [0.25, 0.3) is 0 Å². The second-order valence-corrected chi connectivity index (χ2v) is 5.48. The maximum Gasteiger partial charge on any atom is 0.123 e. The van der Waals surface area contributed by atoms with Gasteiger partial charge in [0.2, 0.25) is 0 Å². The van der Waals surface area contributed by atoms with E-state index in [-0.39, 0.29) is 0 Å². The predicted molar refractivity (Wildman–Crippen MR) is 83.8 cm³/mol. The number of benzene rings is 1. The third-order valence-corrected chi connectivity index (χ3v) is 3.76. The Hall–Kier alpha value is -1.35. The number of anilines is 1. The van der Waals surface area contributed by atoms with Crippen LogP contribution in [0.15, 0.2) is 34.7 Å². The normalized spacial score (nSPS) is 10.7. The number of rotatable bonds is 6. The van der Waals surface area contributed by atoms with E-state index in [1.807, 2.05) is 0 Å². The number of furan rings is 1. The number of hydrogen-bond acceptors (Lipinski definition) is 3. The van der Waals surface area contributed by atoms with Crippen molar-refractivity contribution in [1.82, 2.24) is 0 Å². The number of aryl methyl sites for hydroxylation is 2. The molecule has 0 aliphatic carbocycles. The molecule has 0 saturated heterocycles. The molecule has 0 saturated carbocycles. The first kappa shape index (κ1) is 14.1. The highest BCUT2D eigenvalue weighted by atomic mass is 32.2. The minimum atomic E-state index is 0.742. The molecule has 0 aliphatic rings. The zero-order valence-electron chi connectivity index (χ0n) is 11.8. The van der Waals surface area contributed by atoms with Gasteiger partial charge < -0.3 is 9.73 Å². The molecular formula is C16H21NOS. The highest BCUT2D eigenvalue weighted by Crippen LogP contribution is 2.22. The first-order valence-electron chi connectivity index (χ1n) is 6.63. The molecule has 0 amide bonds. The van der Waals surface area contributed by atoms with E-state index in [2.05, 4.69) is 55.8 Å². The van der Waals surface area contributed by atoms with Gasteiger partial charge in [0.1, 0.15) is 11.5 Å². The van der Waals surface area contributed by atoms with Crippen LogP contribution in [0.3, 0.4) is 0 Å². The van der Waals surface area contributed by atoms with Crippen LogP contribution in [0.2, 0.25) is 0 Å². The van der Waals surface area contributed by atoms with Gasteiger partial charge in [0.05, 0.1) is 12.3 Å². The first-order valence-corrected chi connectivity index (χ1v) is 8.03. The lowest BCUT2D eigenvalue weighted by Crippen LogP contribution is -2.03. The molecule has 2 aromatic rings. The van der Waals surface area contributed by atoms with Crippen LogP contribution in [-0.2, 0) is 18.7 Å². The lowest BCUT2D eigenvalue weighted by atomic mass is 10.1. The van der Waals surface area contributed by atoms with E-state index in [1.54, 1.807) is 11.8 Å². The summed E-state index contributed by atoms with van der Waals surface area (Å²) >= 11 is 1.78. The van der Waals surface area contributed by atoms with Gasteiger partial charge in [-0.05, 0) is 42.9 Å². The van der Waals surface area contributed by atoms with Crippen LogP contribution in [0.5, 0.6) is 0 Å². The standard InChI is InChI=1S/C16H21NOS/c1-4-13-7-5-6-12(2)16(13)17-10-14-8-9-15(18-14)11-19-3/h5-9,17H,4,10-11H2,1-3H3. The summed E-state index contributed by atoms with van der Waals surface area (Å²) < 4.78 is 5.78. The van der Waals surface area contributed by atoms with Crippen LogP contribution >= 0.6 is 11.8 Å². The van der Waals surface area contributed by atoms with Crippen molar-refractivity contribution >= 4 is 17.4 Å². The van der Waals surface area contributed by atoms with Crippen molar-refractivity contribution in [3.63, 3.8) is 0 Å². The van der Waals surface area contributed by atoms with Crippen LogP contribution < -0.4 is 5.32 Å². The largest absolute Gasteiger partial charge is 0.463 e. The van der Waals surface area contributed by atoms with Gasteiger partial charge in [-0.1, -0.05) is 25.1 Å². The average molecular weight is 275 g/mol. The molecule has 0 fully saturated rings. The molecule has 1 heterocycles. The minimum absolute atomic E-state index is 0.742. The molecule has 1 aromatic carbocycles. The topological polar surface area (TPSA) is 25.2 Å². The quantitative estimate of drug-likeness (QED) is 0.832. The summed E-state index contributed by atoms with van der Waals surface area (Å²) in [5.41, 5.74) is 3.89. The maximum absolute atomic E-state index is 5.78. The van der Waals surface area contributed by atoms with Crippen LogP contribution in [0, 0.1) is 6.92 Å². The molecule has 1 aromatic heterocycles. The highest BCUT2D eigenvalue weighted by Gasteiger charge is 2.06. The molecule has 1 N–H and O–H groups in total. The van der Waals surface area contributed by atoms with Crippen molar-refractivity contribution in [3.05, 3.63) is 53.0 Å². The minimum Gasteiger partial charge on any atom is -0.463 e. The second kappa shape index (κ2) is 6.71. The molecule has 0 spiro atoms. The van der Waals surface area contributed by atoms with Crippen LogP contribution in [0.4, 0.5) is 5.69 Å². The Balaban J connectivity index is 2.05. The molecule has 0 atom stereocenters. The molecule has 0 radical (unpaired) electrons. The lowest BCUT2D eigenvalue weighted by Gasteiger charge is -2.13. The Morgan fingerprint density at radius 1 is 1.16 bits per heavy atom. The fraction of sp³-hybridized carbons (Fsp3) is 0.375. The van der Waals surface area contributed by atoms with E-state index in [0.29, 0.717) is 0 Å². The van der Waals surface area contributed by atoms with E-state index in [4.69, 9.17) is 4.42 Å². The fourth-order valence-electron chi connectivity index (χ4n) is 2.19. The molecule has 102 valence electrons. The summed E-state index contributed by atoms with van der Waals surface area (Å²) in [6.07, 6.45) is 3.13. The summed E-state index contributed by atoms with van der Waals surface area (Å²) in [6, 6.07) is 10.6. The molecule has 0 unspecified atom stereocenters. The Morgan fingerprint density at radius 3 is 2.68 bits per heavy atom. The molecule has 0 bridgehead atoms. The molecular weight excluding hydrogens is 254 g/mol. The number of para-hydroxylation sites is 1. The summed E-state index contributed by atoms with van der Waals surface area (Å²) in [5, 5.41) is 3.50. The average Bonchev–Trinajstić information content (AvgIpc) is 2.85. The van der Waals surface area contributed by atoms with E-state index < -0.39 is 0 Å². The van der Waals surface area contributed by atoms with Crippen molar-refractivity contribution in [2.45, 2.75) is 32.6 Å². The van der Waals surface area contributed by atoms with Crippen molar-refractivity contribution in [2.75, 3.05) is 11.6 Å². The zero-order chi connectivity index (χ0) is 13.7. The highest BCUT2D eigenvalue weighted by molar-refractivity contribution is 7.97. The molecule has 0 aliphatic heterocycles. The lowest BCUT2D eigenvalue weighted by molar-refractivity contribution is 0.487. The van der Waals surface area contributed by atoms with Crippen LogP contribution in [0.25, 0.3) is 0 Å². The third-order valence-electron chi connectivity index (χ3n) is 3.18. The van der Waals surface area contributed by atoms with E-state index >= 15 is 0 Å². The van der Waals surface area contributed by atoms with Crippen molar-refractivity contribution in [2.24, 2.45) is 0 Å². The van der Waals surface area contributed by atoms with Gasteiger partial charge >= 0.3 is 0 Å². The van der Waals surface area contributed by atoms with Crippen molar-refractivity contribution in [3.8, 4) is 0 Å². The smallest absolute Gasteiger partial charge is 0.123 e. The SMILES string of the molecule is CCc1cccc(C)c1NCc1ccc(CSC)o1. The Bertz CT molecular complexity index is 533. The molecule has 3 heteroatoms.